The van der Waals surface area contributed by atoms with E-state index in [4.69, 9.17) is 11.6 Å². The van der Waals surface area contributed by atoms with Crippen molar-refractivity contribution in [1.82, 2.24) is 14.8 Å². The maximum atomic E-state index is 14.3. The fourth-order valence-corrected chi connectivity index (χ4v) is 4.04. The van der Waals surface area contributed by atoms with Gasteiger partial charge in [0.15, 0.2) is 0 Å². The summed E-state index contributed by atoms with van der Waals surface area (Å²) in [5.41, 5.74) is 1.42. The highest BCUT2D eigenvalue weighted by Crippen LogP contribution is 2.37. The summed E-state index contributed by atoms with van der Waals surface area (Å²) in [6.45, 7) is 0.223. The van der Waals surface area contributed by atoms with E-state index in [1.807, 2.05) is 35.0 Å². The van der Waals surface area contributed by atoms with Gasteiger partial charge in [0.1, 0.15) is 11.3 Å². The molecule has 156 valence electrons. The maximum Gasteiger partial charge on any atom is 0.418 e. The Balaban J connectivity index is 1.62. The molecule has 31 heavy (non-hydrogen) atoms. The van der Waals surface area contributed by atoms with Crippen LogP contribution in [-0.4, -0.2) is 14.8 Å². The summed E-state index contributed by atoms with van der Waals surface area (Å²) >= 11 is 6.17. The Morgan fingerprint density at radius 3 is 2.58 bits per heavy atom. The van der Waals surface area contributed by atoms with E-state index >= 15 is 0 Å². The minimum absolute atomic E-state index is 0.126. The van der Waals surface area contributed by atoms with Gasteiger partial charge in [0, 0.05) is 33.2 Å². The predicted molar refractivity (Wildman–Crippen MR) is 113 cm³/mol. The highest BCUT2D eigenvalue weighted by atomic mass is 35.5. The van der Waals surface area contributed by atoms with Crippen LogP contribution in [0, 0.1) is 5.82 Å². The number of alkyl halides is 3. The van der Waals surface area contributed by atoms with Gasteiger partial charge in [0.05, 0.1) is 17.8 Å². The van der Waals surface area contributed by atoms with E-state index in [1.54, 1.807) is 18.2 Å². The molecular weight excluding hydrogens is 430 g/mol. The van der Waals surface area contributed by atoms with Crippen LogP contribution in [0.5, 0.6) is 0 Å². The molecule has 0 spiro atoms. The average Bonchev–Trinajstić information content (AvgIpc) is 3.33. The zero-order valence-electron chi connectivity index (χ0n) is 15.8. The van der Waals surface area contributed by atoms with E-state index in [0.29, 0.717) is 27.2 Å². The van der Waals surface area contributed by atoms with Crippen LogP contribution in [-0.2, 0) is 12.7 Å². The lowest BCUT2D eigenvalue weighted by Crippen LogP contribution is -2.05. The summed E-state index contributed by atoms with van der Waals surface area (Å²) in [5, 5.41) is 8.29. The number of aromatic nitrogens is 3. The first-order chi connectivity index (χ1) is 14.8. The molecule has 0 aliphatic heterocycles. The monoisotopic (exact) mass is 443 g/mol. The second-order valence-corrected chi connectivity index (χ2v) is 7.62. The van der Waals surface area contributed by atoms with Gasteiger partial charge < -0.3 is 4.57 Å². The lowest BCUT2D eigenvalue weighted by Gasteiger charge is -2.10. The summed E-state index contributed by atoms with van der Waals surface area (Å²) in [4.78, 5) is 0. The van der Waals surface area contributed by atoms with E-state index in [0.717, 1.165) is 17.0 Å². The molecule has 0 bridgehead atoms. The van der Waals surface area contributed by atoms with Crippen molar-refractivity contribution in [3.8, 4) is 11.3 Å². The van der Waals surface area contributed by atoms with Gasteiger partial charge in [0.2, 0.25) is 0 Å². The molecule has 0 aliphatic carbocycles. The van der Waals surface area contributed by atoms with Crippen molar-refractivity contribution < 1.29 is 17.6 Å². The number of aromatic amines is 1. The van der Waals surface area contributed by atoms with E-state index in [9.17, 15) is 17.6 Å². The first kappa shape index (κ1) is 19.6. The quantitative estimate of drug-likeness (QED) is 0.298. The number of rotatable bonds is 3. The third kappa shape index (κ3) is 3.35. The number of fused-ring (bicyclic) bond motifs is 2. The third-order valence-electron chi connectivity index (χ3n) is 5.34. The normalized spacial score (nSPS) is 12.2. The number of halogens is 5. The molecule has 0 radical (unpaired) electrons. The van der Waals surface area contributed by atoms with Crippen LogP contribution in [0.4, 0.5) is 17.6 Å². The lowest BCUT2D eigenvalue weighted by molar-refractivity contribution is -0.136. The lowest BCUT2D eigenvalue weighted by atomic mass is 10.0. The molecule has 0 atom stereocenters. The second-order valence-electron chi connectivity index (χ2n) is 7.22. The SMILES string of the molecule is Fc1cccc(Cl)c1Cn1ccc2ccc(-c3[nH]nc4c(C(F)(F)F)cccc34)cc21. The highest BCUT2D eigenvalue weighted by molar-refractivity contribution is 6.31. The minimum atomic E-state index is -4.50. The Kier molecular flexibility index (Phi) is 4.51. The van der Waals surface area contributed by atoms with Crippen LogP contribution in [0.25, 0.3) is 33.1 Å². The molecule has 0 amide bonds. The zero-order chi connectivity index (χ0) is 21.8. The van der Waals surface area contributed by atoms with Crippen LogP contribution in [0.1, 0.15) is 11.1 Å². The largest absolute Gasteiger partial charge is 0.418 e. The summed E-state index contributed by atoms with van der Waals surface area (Å²) in [5.74, 6) is -0.398. The third-order valence-corrected chi connectivity index (χ3v) is 5.70. The maximum absolute atomic E-state index is 14.3. The number of benzene rings is 3. The van der Waals surface area contributed by atoms with Crippen molar-refractivity contribution >= 4 is 33.4 Å². The van der Waals surface area contributed by atoms with Gasteiger partial charge in [-0.1, -0.05) is 41.9 Å². The van der Waals surface area contributed by atoms with Gasteiger partial charge in [-0.05, 0) is 35.7 Å². The fraction of sp³-hybridized carbons (Fsp3) is 0.0870. The molecule has 1 N–H and O–H groups in total. The van der Waals surface area contributed by atoms with Gasteiger partial charge in [-0.25, -0.2) is 4.39 Å². The first-order valence-corrected chi connectivity index (χ1v) is 9.77. The van der Waals surface area contributed by atoms with Gasteiger partial charge in [0.25, 0.3) is 0 Å². The standard InChI is InChI=1S/C23H14ClF4N3/c24-18-5-2-6-19(25)16(18)12-31-10-9-13-7-8-14(11-20(13)31)21-15-3-1-4-17(23(26,27)28)22(15)30-29-21/h1-11H,12H2,(H,29,30). The molecule has 2 aromatic heterocycles. The van der Waals surface area contributed by atoms with E-state index in [2.05, 4.69) is 10.2 Å². The average molecular weight is 444 g/mol. The first-order valence-electron chi connectivity index (χ1n) is 9.39. The molecule has 3 aromatic carbocycles. The van der Waals surface area contributed by atoms with Crippen molar-refractivity contribution in [2.45, 2.75) is 12.7 Å². The Hall–Kier alpha value is -3.32. The van der Waals surface area contributed by atoms with Crippen molar-refractivity contribution in [2.75, 3.05) is 0 Å². The summed E-state index contributed by atoms with van der Waals surface area (Å²) < 4.78 is 56.1. The molecule has 5 aromatic rings. The number of H-pyrrole nitrogens is 1. The highest BCUT2D eigenvalue weighted by Gasteiger charge is 2.34. The molecule has 2 heterocycles. The Morgan fingerprint density at radius 2 is 1.81 bits per heavy atom. The molecule has 0 fully saturated rings. The van der Waals surface area contributed by atoms with Crippen molar-refractivity contribution in [2.24, 2.45) is 0 Å². The van der Waals surface area contributed by atoms with Crippen LogP contribution >= 0.6 is 11.6 Å². The predicted octanol–water partition coefficient (Wildman–Crippen LogP) is 7.04. The number of hydrogen-bond donors (Lipinski definition) is 1. The molecule has 8 heteroatoms. The molecule has 0 saturated carbocycles. The van der Waals surface area contributed by atoms with Crippen LogP contribution in [0.2, 0.25) is 5.02 Å². The number of nitrogens with one attached hydrogen (secondary N) is 1. The van der Waals surface area contributed by atoms with Crippen LogP contribution < -0.4 is 0 Å². The smallest absolute Gasteiger partial charge is 0.343 e. The number of hydrogen-bond acceptors (Lipinski definition) is 1. The zero-order valence-corrected chi connectivity index (χ0v) is 16.6. The fourth-order valence-electron chi connectivity index (χ4n) is 3.82. The molecule has 5 rings (SSSR count). The topological polar surface area (TPSA) is 33.6 Å². The van der Waals surface area contributed by atoms with E-state index in [1.165, 1.54) is 12.1 Å². The van der Waals surface area contributed by atoms with Gasteiger partial charge >= 0.3 is 6.18 Å². The Labute approximate surface area is 178 Å². The Morgan fingerprint density at radius 1 is 1.00 bits per heavy atom. The van der Waals surface area contributed by atoms with E-state index in [-0.39, 0.29) is 12.1 Å². The molecule has 0 aliphatic rings. The minimum Gasteiger partial charge on any atom is -0.343 e. The van der Waals surface area contributed by atoms with E-state index < -0.39 is 17.6 Å². The molecular formula is C23H14ClF4N3. The number of nitrogens with zero attached hydrogens (tertiary/aromatic N) is 2. The van der Waals surface area contributed by atoms with Crippen LogP contribution in [0.3, 0.4) is 0 Å². The van der Waals surface area contributed by atoms with Crippen molar-refractivity contribution in [3.05, 3.63) is 88.8 Å². The number of para-hydroxylation sites is 1. The summed E-state index contributed by atoms with van der Waals surface area (Å²) in [6.07, 6.45) is -2.67. The van der Waals surface area contributed by atoms with Crippen molar-refractivity contribution in [1.29, 1.82) is 0 Å². The summed E-state index contributed by atoms with van der Waals surface area (Å²) in [7, 11) is 0. The van der Waals surface area contributed by atoms with Crippen molar-refractivity contribution in [3.63, 3.8) is 0 Å². The molecule has 0 unspecified atom stereocenters. The summed E-state index contributed by atoms with van der Waals surface area (Å²) in [6, 6.07) is 15.9. The molecule has 3 nitrogen and oxygen atoms in total. The van der Waals surface area contributed by atoms with Gasteiger partial charge in [-0.3, -0.25) is 5.10 Å². The molecule has 0 saturated heterocycles. The Bertz CT molecular complexity index is 1410. The second kappa shape index (κ2) is 7.13. The van der Waals surface area contributed by atoms with Gasteiger partial charge in [-0.15, -0.1) is 0 Å². The van der Waals surface area contributed by atoms with Crippen LogP contribution in [0.15, 0.2) is 66.9 Å². The van der Waals surface area contributed by atoms with Gasteiger partial charge in [-0.2, -0.15) is 18.3 Å².